The predicted octanol–water partition coefficient (Wildman–Crippen LogP) is 4.07. The van der Waals surface area contributed by atoms with Crippen molar-refractivity contribution in [1.82, 2.24) is 9.55 Å². The van der Waals surface area contributed by atoms with Crippen molar-refractivity contribution in [2.24, 2.45) is 0 Å². The second-order valence-electron chi connectivity index (χ2n) is 5.99. The van der Waals surface area contributed by atoms with E-state index in [1.807, 2.05) is 66.7 Å². The van der Waals surface area contributed by atoms with Crippen molar-refractivity contribution < 1.29 is 9.47 Å². The molecule has 134 valence electrons. The second-order valence-corrected chi connectivity index (χ2v) is 5.99. The minimum absolute atomic E-state index is 0.143. The summed E-state index contributed by atoms with van der Waals surface area (Å²) in [6.07, 6.45) is 0. The summed E-state index contributed by atoms with van der Waals surface area (Å²) in [5.41, 5.74) is 1.97. The van der Waals surface area contributed by atoms with Crippen molar-refractivity contribution in [2.45, 2.75) is 0 Å². The van der Waals surface area contributed by atoms with E-state index in [2.05, 4.69) is 0 Å². The molecule has 0 aliphatic rings. The molecular formula is C22H18N2O3. The molecule has 0 amide bonds. The zero-order chi connectivity index (χ0) is 18.8. The highest BCUT2D eigenvalue weighted by Crippen LogP contribution is 2.28. The molecule has 0 aliphatic heterocycles. The number of methoxy groups -OCH3 is 2. The van der Waals surface area contributed by atoms with E-state index < -0.39 is 0 Å². The van der Waals surface area contributed by atoms with Gasteiger partial charge in [0.1, 0.15) is 17.3 Å². The molecule has 0 saturated carbocycles. The van der Waals surface area contributed by atoms with Crippen LogP contribution in [-0.4, -0.2) is 23.8 Å². The summed E-state index contributed by atoms with van der Waals surface area (Å²) in [4.78, 5) is 18.1. The topological polar surface area (TPSA) is 53.3 Å². The van der Waals surface area contributed by atoms with Gasteiger partial charge in [0.2, 0.25) is 0 Å². The number of hydrogen-bond acceptors (Lipinski definition) is 4. The van der Waals surface area contributed by atoms with E-state index in [-0.39, 0.29) is 5.56 Å². The highest BCUT2D eigenvalue weighted by molar-refractivity contribution is 5.80. The number of fused-ring (bicyclic) bond motifs is 1. The molecule has 0 aliphatic carbocycles. The Bertz CT molecular complexity index is 1160. The maximum Gasteiger partial charge on any atom is 0.266 e. The van der Waals surface area contributed by atoms with Crippen LogP contribution in [-0.2, 0) is 0 Å². The molecule has 0 bridgehead atoms. The Morgan fingerprint density at radius 1 is 0.815 bits per heavy atom. The number of benzene rings is 3. The lowest BCUT2D eigenvalue weighted by atomic mass is 10.1. The smallest absolute Gasteiger partial charge is 0.266 e. The Labute approximate surface area is 156 Å². The summed E-state index contributed by atoms with van der Waals surface area (Å²) in [6.45, 7) is 0. The molecule has 0 radical (unpaired) electrons. The van der Waals surface area contributed by atoms with Crippen LogP contribution in [0.3, 0.4) is 0 Å². The van der Waals surface area contributed by atoms with Crippen molar-refractivity contribution in [3.05, 3.63) is 83.2 Å². The van der Waals surface area contributed by atoms with Crippen molar-refractivity contribution in [3.63, 3.8) is 0 Å². The number of aromatic nitrogens is 2. The average Bonchev–Trinajstić information content (AvgIpc) is 2.74. The normalized spacial score (nSPS) is 10.7. The van der Waals surface area contributed by atoms with Crippen LogP contribution in [0, 0.1) is 0 Å². The quantitative estimate of drug-likeness (QED) is 0.552. The minimum Gasteiger partial charge on any atom is -0.497 e. The van der Waals surface area contributed by atoms with E-state index in [9.17, 15) is 4.79 Å². The van der Waals surface area contributed by atoms with Crippen LogP contribution >= 0.6 is 0 Å². The van der Waals surface area contributed by atoms with Gasteiger partial charge in [0.25, 0.3) is 5.56 Å². The summed E-state index contributed by atoms with van der Waals surface area (Å²) in [5.74, 6) is 1.89. The molecular weight excluding hydrogens is 340 g/mol. The SMILES string of the molecule is COc1ccc(-c2nc3ccccc3c(=O)n2-c2ccccc2OC)cc1. The van der Waals surface area contributed by atoms with E-state index >= 15 is 0 Å². The van der Waals surface area contributed by atoms with Crippen LogP contribution in [0.25, 0.3) is 28.0 Å². The van der Waals surface area contributed by atoms with Crippen LogP contribution in [0.1, 0.15) is 0 Å². The lowest BCUT2D eigenvalue weighted by Gasteiger charge is -2.16. The van der Waals surface area contributed by atoms with Gasteiger partial charge >= 0.3 is 0 Å². The van der Waals surface area contributed by atoms with E-state index in [1.165, 1.54) is 0 Å². The fraction of sp³-hybridized carbons (Fsp3) is 0.0909. The minimum atomic E-state index is -0.143. The number of rotatable bonds is 4. The van der Waals surface area contributed by atoms with Gasteiger partial charge in [-0.25, -0.2) is 4.98 Å². The fourth-order valence-corrected chi connectivity index (χ4v) is 3.10. The van der Waals surface area contributed by atoms with Gasteiger partial charge in [0, 0.05) is 5.56 Å². The van der Waals surface area contributed by atoms with Crippen molar-refractivity contribution >= 4 is 10.9 Å². The molecule has 4 aromatic rings. The summed E-state index contributed by atoms with van der Waals surface area (Å²) in [5, 5.41) is 0.556. The largest absolute Gasteiger partial charge is 0.497 e. The Morgan fingerprint density at radius 3 is 2.26 bits per heavy atom. The predicted molar refractivity (Wildman–Crippen MR) is 106 cm³/mol. The highest BCUT2D eigenvalue weighted by Gasteiger charge is 2.17. The zero-order valence-electron chi connectivity index (χ0n) is 15.0. The summed E-state index contributed by atoms with van der Waals surface area (Å²) in [6, 6.07) is 22.2. The maximum atomic E-state index is 13.4. The molecule has 27 heavy (non-hydrogen) atoms. The van der Waals surface area contributed by atoms with E-state index in [1.54, 1.807) is 24.9 Å². The third kappa shape index (κ3) is 2.93. The van der Waals surface area contributed by atoms with Crippen LogP contribution < -0.4 is 15.0 Å². The van der Waals surface area contributed by atoms with Gasteiger partial charge in [0.15, 0.2) is 0 Å². The molecule has 0 unspecified atom stereocenters. The van der Waals surface area contributed by atoms with Crippen molar-refractivity contribution in [2.75, 3.05) is 14.2 Å². The molecule has 0 fully saturated rings. The molecule has 0 atom stereocenters. The Kier molecular flexibility index (Phi) is 4.34. The molecule has 1 heterocycles. The second kappa shape index (κ2) is 6.96. The average molecular weight is 358 g/mol. The monoisotopic (exact) mass is 358 g/mol. The molecule has 3 aromatic carbocycles. The number of hydrogen-bond donors (Lipinski definition) is 0. The third-order valence-corrected chi connectivity index (χ3v) is 4.45. The van der Waals surface area contributed by atoms with E-state index in [0.29, 0.717) is 28.2 Å². The van der Waals surface area contributed by atoms with Gasteiger partial charge in [0.05, 0.1) is 30.8 Å². The van der Waals surface area contributed by atoms with Gasteiger partial charge in [-0.1, -0.05) is 24.3 Å². The third-order valence-electron chi connectivity index (χ3n) is 4.45. The lowest BCUT2D eigenvalue weighted by Crippen LogP contribution is -2.22. The Morgan fingerprint density at radius 2 is 1.52 bits per heavy atom. The standard InChI is InChI=1S/C22H18N2O3/c1-26-16-13-11-15(12-14-16)21-23-18-8-4-3-7-17(18)22(25)24(21)19-9-5-6-10-20(19)27-2/h3-14H,1-2H3. The number of nitrogens with zero attached hydrogens (tertiary/aromatic N) is 2. The zero-order valence-corrected chi connectivity index (χ0v) is 15.0. The molecule has 5 nitrogen and oxygen atoms in total. The number of ether oxygens (including phenoxy) is 2. The first-order valence-electron chi connectivity index (χ1n) is 8.52. The van der Waals surface area contributed by atoms with Gasteiger partial charge in [-0.3, -0.25) is 9.36 Å². The van der Waals surface area contributed by atoms with E-state index in [0.717, 1.165) is 11.3 Å². The van der Waals surface area contributed by atoms with Gasteiger partial charge in [-0.2, -0.15) is 0 Å². The molecule has 0 N–H and O–H groups in total. The first-order valence-corrected chi connectivity index (χ1v) is 8.52. The van der Waals surface area contributed by atoms with Crippen LogP contribution in [0.5, 0.6) is 11.5 Å². The Hall–Kier alpha value is -3.60. The lowest BCUT2D eigenvalue weighted by molar-refractivity contribution is 0.412. The number of para-hydroxylation sites is 3. The van der Waals surface area contributed by atoms with Gasteiger partial charge in [-0.15, -0.1) is 0 Å². The van der Waals surface area contributed by atoms with Crippen LogP contribution in [0.4, 0.5) is 0 Å². The molecule has 0 saturated heterocycles. The highest BCUT2D eigenvalue weighted by atomic mass is 16.5. The summed E-state index contributed by atoms with van der Waals surface area (Å²) >= 11 is 0. The maximum absolute atomic E-state index is 13.4. The van der Waals surface area contributed by atoms with Gasteiger partial charge < -0.3 is 9.47 Å². The molecule has 0 spiro atoms. The summed E-state index contributed by atoms with van der Waals surface area (Å²) < 4.78 is 12.3. The first kappa shape index (κ1) is 16.8. The van der Waals surface area contributed by atoms with Gasteiger partial charge in [-0.05, 0) is 48.5 Å². The molecule has 1 aromatic heterocycles. The van der Waals surface area contributed by atoms with Crippen molar-refractivity contribution in [1.29, 1.82) is 0 Å². The fourth-order valence-electron chi connectivity index (χ4n) is 3.10. The summed E-state index contributed by atoms with van der Waals surface area (Å²) in [7, 11) is 3.21. The van der Waals surface area contributed by atoms with Crippen molar-refractivity contribution in [3.8, 4) is 28.6 Å². The first-order chi connectivity index (χ1) is 13.2. The molecule has 4 rings (SSSR count). The van der Waals surface area contributed by atoms with Crippen LogP contribution in [0.2, 0.25) is 0 Å². The Balaban J connectivity index is 2.08. The van der Waals surface area contributed by atoms with Crippen LogP contribution in [0.15, 0.2) is 77.6 Å². The van der Waals surface area contributed by atoms with E-state index in [4.69, 9.17) is 14.5 Å². The molecule has 5 heteroatoms.